The van der Waals surface area contributed by atoms with Crippen molar-refractivity contribution in [1.82, 2.24) is 15.3 Å². The van der Waals surface area contributed by atoms with Crippen molar-refractivity contribution in [1.29, 1.82) is 0 Å². The van der Waals surface area contributed by atoms with Crippen molar-refractivity contribution in [3.63, 3.8) is 0 Å². The Bertz CT molecular complexity index is 497. The van der Waals surface area contributed by atoms with Crippen LogP contribution >= 0.6 is 0 Å². The van der Waals surface area contributed by atoms with Gasteiger partial charge in [-0.05, 0) is 12.8 Å². The first kappa shape index (κ1) is 16.3. The molecule has 120 valence electrons. The second-order valence-corrected chi connectivity index (χ2v) is 4.98. The highest BCUT2D eigenvalue weighted by molar-refractivity contribution is 5.76. The summed E-state index contributed by atoms with van der Waals surface area (Å²) in [4.78, 5) is 30.6. The molecule has 2 rings (SSSR count). The molecule has 1 aliphatic heterocycles. The number of ether oxygens (including phenoxy) is 2. The van der Waals surface area contributed by atoms with Gasteiger partial charge in [0.15, 0.2) is 0 Å². The first-order valence-corrected chi connectivity index (χ1v) is 7.10. The predicted octanol–water partition coefficient (Wildman–Crippen LogP) is -0.216. The third kappa shape index (κ3) is 5.38. The van der Waals surface area contributed by atoms with E-state index in [1.807, 2.05) is 0 Å². The van der Waals surface area contributed by atoms with Crippen LogP contribution in [0.15, 0.2) is 18.6 Å². The number of aromatic nitrogens is 2. The molecule has 0 unspecified atom stereocenters. The van der Waals surface area contributed by atoms with E-state index in [-0.39, 0.29) is 18.6 Å². The van der Waals surface area contributed by atoms with Gasteiger partial charge in [0.2, 0.25) is 5.91 Å². The van der Waals surface area contributed by atoms with Gasteiger partial charge < -0.3 is 19.9 Å². The van der Waals surface area contributed by atoms with Crippen molar-refractivity contribution >= 4 is 11.9 Å². The fourth-order valence-electron chi connectivity index (χ4n) is 2.20. The van der Waals surface area contributed by atoms with E-state index in [9.17, 15) is 9.59 Å². The zero-order valence-corrected chi connectivity index (χ0v) is 12.1. The highest BCUT2D eigenvalue weighted by Crippen LogP contribution is 2.12. The Labute approximate surface area is 127 Å². The Morgan fingerprint density at radius 1 is 1.45 bits per heavy atom. The average molecular weight is 309 g/mol. The number of carboxylic acid groups (broad SMARTS) is 1. The summed E-state index contributed by atoms with van der Waals surface area (Å²) in [6.07, 6.45) is 5.75. The lowest BCUT2D eigenvalue weighted by Gasteiger charge is -2.31. The molecule has 2 N–H and O–H groups in total. The molecule has 0 bridgehead atoms. The first-order valence-electron chi connectivity index (χ1n) is 7.10. The molecule has 8 heteroatoms. The van der Waals surface area contributed by atoms with Crippen LogP contribution in [-0.4, -0.2) is 58.9 Å². The number of amides is 1. The number of nitrogens with one attached hydrogen (secondary N) is 1. The van der Waals surface area contributed by atoms with Crippen LogP contribution in [0.1, 0.15) is 18.5 Å². The van der Waals surface area contributed by atoms with Crippen LogP contribution in [0.4, 0.5) is 0 Å². The number of carbonyl (C=O) groups excluding carboxylic acids is 1. The SMILES string of the molecule is O=C(O)CO[C@@H]1COCC[C@H]1NC(=O)CCc1cnccn1. The number of aliphatic carboxylic acids is 1. The normalized spacial score (nSPS) is 21.3. The molecule has 0 aliphatic carbocycles. The maximum absolute atomic E-state index is 12.0. The van der Waals surface area contributed by atoms with Gasteiger partial charge in [-0.2, -0.15) is 0 Å². The zero-order chi connectivity index (χ0) is 15.8. The Morgan fingerprint density at radius 3 is 3.05 bits per heavy atom. The summed E-state index contributed by atoms with van der Waals surface area (Å²) < 4.78 is 10.5. The first-order chi connectivity index (χ1) is 10.6. The minimum atomic E-state index is -1.04. The van der Waals surface area contributed by atoms with E-state index in [2.05, 4.69) is 15.3 Å². The second kappa shape index (κ2) is 8.40. The Kier molecular flexibility index (Phi) is 6.23. The van der Waals surface area contributed by atoms with Crippen LogP contribution < -0.4 is 5.32 Å². The van der Waals surface area contributed by atoms with Crippen LogP contribution in [0.3, 0.4) is 0 Å². The zero-order valence-electron chi connectivity index (χ0n) is 12.1. The van der Waals surface area contributed by atoms with Crippen molar-refractivity contribution < 1.29 is 24.2 Å². The molecule has 2 atom stereocenters. The molecule has 1 saturated heterocycles. The van der Waals surface area contributed by atoms with Gasteiger partial charge in [-0.3, -0.25) is 14.8 Å². The maximum atomic E-state index is 12.0. The Morgan fingerprint density at radius 2 is 2.32 bits per heavy atom. The standard InChI is InChI=1S/C14H19N3O5/c18-13(2-1-10-7-15-4-5-16-10)17-11-3-6-21-8-12(11)22-9-14(19)20/h4-5,7,11-12H,1-3,6,8-9H2,(H,17,18)(H,19,20)/t11-,12-/m1/s1. The molecule has 0 radical (unpaired) electrons. The van der Waals surface area contributed by atoms with Crippen molar-refractivity contribution in [2.75, 3.05) is 19.8 Å². The smallest absolute Gasteiger partial charge is 0.329 e. The molecule has 1 aliphatic rings. The van der Waals surface area contributed by atoms with Crippen molar-refractivity contribution in [3.8, 4) is 0 Å². The van der Waals surface area contributed by atoms with Crippen LogP contribution in [-0.2, 0) is 25.5 Å². The molecule has 1 amide bonds. The summed E-state index contributed by atoms with van der Waals surface area (Å²) in [5.74, 6) is -1.17. The van der Waals surface area contributed by atoms with Gasteiger partial charge >= 0.3 is 5.97 Å². The highest BCUT2D eigenvalue weighted by Gasteiger charge is 2.28. The van der Waals surface area contributed by atoms with E-state index < -0.39 is 18.7 Å². The van der Waals surface area contributed by atoms with Gasteiger partial charge in [0.05, 0.1) is 18.3 Å². The molecule has 0 spiro atoms. The summed E-state index contributed by atoms with van der Waals surface area (Å²) >= 11 is 0. The van der Waals surface area contributed by atoms with Gasteiger partial charge in [0.1, 0.15) is 12.7 Å². The van der Waals surface area contributed by atoms with Crippen LogP contribution in [0.25, 0.3) is 0 Å². The van der Waals surface area contributed by atoms with Crippen molar-refractivity contribution in [3.05, 3.63) is 24.3 Å². The summed E-state index contributed by atoms with van der Waals surface area (Å²) in [7, 11) is 0. The molecule has 1 aromatic heterocycles. The van der Waals surface area contributed by atoms with Crippen LogP contribution in [0.2, 0.25) is 0 Å². The van der Waals surface area contributed by atoms with Gasteiger partial charge in [0.25, 0.3) is 0 Å². The van der Waals surface area contributed by atoms with Crippen molar-refractivity contribution in [2.24, 2.45) is 0 Å². The minimum Gasteiger partial charge on any atom is -0.480 e. The third-order valence-corrected chi connectivity index (χ3v) is 3.30. The van der Waals surface area contributed by atoms with Crippen LogP contribution in [0.5, 0.6) is 0 Å². The van der Waals surface area contributed by atoms with Gasteiger partial charge in [-0.25, -0.2) is 4.79 Å². The third-order valence-electron chi connectivity index (χ3n) is 3.30. The molecule has 0 aromatic carbocycles. The van der Waals surface area contributed by atoms with Gasteiger partial charge in [-0.1, -0.05) is 0 Å². The molecule has 22 heavy (non-hydrogen) atoms. The topological polar surface area (TPSA) is 111 Å². The number of aryl methyl sites for hydroxylation is 1. The molecular formula is C14H19N3O5. The van der Waals surface area contributed by atoms with Gasteiger partial charge in [0, 0.05) is 31.6 Å². The lowest BCUT2D eigenvalue weighted by molar-refractivity contribution is -0.149. The Balaban J connectivity index is 1.79. The van der Waals surface area contributed by atoms with E-state index in [4.69, 9.17) is 14.6 Å². The number of carboxylic acids is 1. The van der Waals surface area contributed by atoms with Gasteiger partial charge in [-0.15, -0.1) is 0 Å². The molecule has 1 aromatic rings. The van der Waals surface area contributed by atoms with E-state index in [1.165, 1.54) is 0 Å². The average Bonchev–Trinajstić information content (AvgIpc) is 2.53. The van der Waals surface area contributed by atoms with E-state index in [0.29, 0.717) is 25.9 Å². The van der Waals surface area contributed by atoms with Crippen molar-refractivity contribution in [2.45, 2.75) is 31.4 Å². The Hall–Kier alpha value is -2.06. The number of hydrogen-bond acceptors (Lipinski definition) is 6. The largest absolute Gasteiger partial charge is 0.480 e. The number of rotatable bonds is 7. The summed E-state index contributed by atoms with van der Waals surface area (Å²) in [6.45, 7) is 0.393. The molecule has 2 heterocycles. The highest BCUT2D eigenvalue weighted by atomic mass is 16.5. The maximum Gasteiger partial charge on any atom is 0.329 e. The number of carbonyl (C=O) groups is 2. The molecule has 1 fully saturated rings. The number of nitrogens with zero attached hydrogens (tertiary/aromatic N) is 2. The summed E-state index contributed by atoms with van der Waals surface area (Å²) in [5.41, 5.74) is 0.753. The minimum absolute atomic E-state index is 0.124. The van der Waals surface area contributed by atoms with Crippen LogP contribution in [0, 0.1) is 0 Å². The number of hydrogen-bond donors (Lipinski definition) is 2. The van der Waals surface area contributed by atoms with E-state index in [0.717, 1.165) is 5.69 Å². The predicted molar refractivity (Wildman–Crippen MR) is 75.1 cm³/mol. The summed E-state index contributed by atoms with van der Waals surface area (Å²) in [5, 5.41) is 11.5. The lowest BCUT2D eigenvalue weighted by atomic mass is 10.1. The second-order valence-electron chi connectivity index (χ2n) is 4.98. The monoisotopic (exact) mass is 309 g/mol. The summed E-state index contributed by atoms with van der Waals surface area (Å²) in [6, 6.07) is -0.234. The quantitative estimate of drug-likeness (QED) is 0.716. The lowest BCUT2D eigenvalue weighted by Crippen LogP contribution is -2.50. The molecular weight excluding hydrogens is 290 g/mol. The molecule has 8 nitrogen and oxygen atoms in total. The van der Waals surface area contributed by atoms with E-state index in [1.54, 1.807) is 18.6 Å². The fourth-order valence-corrected chi connectivity index (χ4v) is 2.20. The molecule has 0 saturated carbocycles. The fraction of sp³-hybridized carbons (Fsp3) is 0.571. The van der Waals surface area contributed by atoms with E-state index >= 15 is 0 Å².